The van der Waals surface area contributed by atoms with Gasteiger partial charge in [0.2, 0.25) is 0 Å². The van der Waals surface area contributed by atoms with E-state index in [2.05, 4.69) is 46.4 Å². The lowest BCUT2D eigenvalue weighted by Gasteiger charge is -2.55. The van der Waals surface area contributed by atoms with Crippen molar-refractivity contribution in [3.8, 4) is 0 Å². The molecule has 1 fully saturated rings. The number of hydrogen-bond acceptors (Lipinski definition) is 0. The van der Waals surface area contributed by atoms with Crippen molar-refractivity contribution in [1.29, 1.82) is 0 Å². The molecule has 2 rings (SSSR count). The molecule has 0 radical (unpaired) electrons. The quantitative estimate of drug-likeness (QED) is 0.518. The molecule has 2 aliphatic rings. The molecule has 3 atom stereocenters. The number of rotatable bonds is 3. The van der Waals surface area contributed by atoms with Crippen molar-refractivity contribution in [2.45, 2.75) is 72.6 Å². The zero-order chi connectivity index (χ0) is 14.8. The van der Waals surface area contributed by atoms with Crippen LogP contribution in [0.25, 0.3) is 0 Å². The fraction of sp³-hybridized carbons (Fsp3) is 0.700. The summed E-state index contributed by atoms with van der Waals surface area (Å²) in [6, 6.07) is 0. The molecule has 0 amide bonds. The van der Waals surface area contributed by atoms with Crippen LogP contribution < -0.4 is 0 Å². The zero-order valence-corrected chi connectivity index (χ0v) is 14.0. The summed E-state index contributed by atoms with van der Waals surface area (Å²) in [5.74, 6) is 1.69. The average molecular weight is 272 g/mol. The van der Waals surface area contributed by atoms with Crippen LogP contribution in [0.1, 0.15) is 72.6 Å². The zero-order valence-electron chi connectivity index (χ0n) is 14.0. The van der Waals surface area contributed by atoms with E-state index >= 15 is 0 Å². The van der Waals surface area contributed by atoms with Gasteiger partial charge in [0.1, 0.15) is 0 Å². The molecule has 20 heavy (non-hydrogen) atoms. The summed E-state index contributed by atoms with van der Waals surface area (Å²) in [5.41, 5.74) is 5.14. The second-order valence-electron chi connectivity index (χ2n) is 7.68. The topological polar surface area (TPSA) is 0 Å². The summed E-state index contributed by atoms with van der Waals surface area (Å²) in [4.78, 5) is 0. The highest BCUT2D eigenvalue weighted by Crippen LogP contribution is 2.59. The Bertz CT molecular complexity index is 419. The summed E-state index contributed by atoms with van der Waals surface area (Å²) < 4.78 is 0. The Kier molecular flexibility index (Phi) is 4.94. The van der Waals surface area contributed by atoms with E-state index in [0.717, 1.165) is 11.8 Å². The first-order valence-electron chi connectivity index (χ1n) is 8.39. The van der Waals surface area contributed by atoms with Gasteiger partial charge in [0, 0.05) is 0 Å². The molecule has 3 unspecified atom stereocenters. The van der Waals surface area contributed by atoms with Crippen molar-refractivity contribution < 1.29 is 0 Å². The van der Waals surface area contributed by atoms with E-state index in [-0.39, 0.29) is 0 Å². The Morgan fingerprint density at radius 2 is 2.15 bits per heavy atom. The van der Waals surface area contributed by atoms with Crippen molar-refractivity contribution in [3.05, 3.63) is 35.5 Å². The van der Waals surface area contributed by atoms with E-state index in [1.165, 1.54) is 56.1 Å². The molecule has 0 bridgehead atoms. The van der Waals surface area contributed by atoms with E-state index < -0.39 is 0 Å². The molecular formula is C20H32. The second kappa shape index (κ2) is 6.33. The lowest BCUT2D eigenvalue weighted by molar-refractivity contribution is -0.0204. The SMILES string of the molecule is C=C1CC/C=C(\C)CCC2C1CC2(C)CCC=C(C)C. The van der Waals surface area contributed by atoms with Crippen LogP contribution in [-0.2, 0) is 0 Å². The van der Waals surface area contributed by atoms with Gasteiger partial charge in [0.05, 0.1) is 0 Å². The molecule has 0 heterocycles. The van der Waals surface area contributed by atoms with Gasteiger partial charge in [-0.2, -0.15) is 0 Å². The normalized spacial score (nSPS) is 36.6. The molecule has 0 saturated heterocycles. The fourth-order valence-electron chi connectivity index (χ4n) is 4.25. The highest BCUT2D eigenvalue weighted by Gasteiger charge is 2.49. The molecule has 0 aromatic carbocycles. The Hall–Kier alpha value is -0.780. The second-order valence-corrected chi connectivity index (χ2v) is 7.68. The van der Waals surface area contributed by atoms with Crippen LogP contribution in [0.2, 0.25) is 0 Å². The smallest absolute Gasteiger partial charge is 0.0167 e. The summed E-state index contributed by atoms with van der Waals surface area (Å²) in [6.07, 6.45) is 13.9. The van der Waals surface area contributed by atoms with Crippen molar-refractivity contribution in [2.75, 3.05) is 0 Å². The van der Waals surface area contributed by atoms with Crippen LogP contribution in [0.5, 0.6) is 0 Å². The van der Waals surface area contributed by atoms with E-state index in [9.17, 15) is 0 Å². The molecule has 0 spiro atoms. The van der Waals surface area contributed by atoms with Gasteiger partial charge < -0.3 is 0 Å². The fourth-order valence-corrected chi connectivity index (χ4v) is 4.25. The van der Waals surface area contributed by atoms with Crippen molar-refractivity contribution >= 4 is 0 Å². The van der Waals surface area contributed by atoms with E-state index in [4.69, 9.17) is 0 Å². The first-order chi connectivity index (χ1) is 9.42. The maximum Gasteiger partial charge on any atom is -0.0167 e. The number of allylic oxidation sites excluding steroid dienone is 5. The Morgan fingerprint density at radius 1 is 1.40 bits per heavy atom. The molecule has 0 aliphatic heterocycles. The number of fused-ring (bicyclic) bond motifs is 1. The van der Waals surface area contributed by atoms with Crippen molar-refractivity contribution in [3.63, 3.8) is 0 Å². The third-order valence-electron chi connectivity index (χ3n) is 5.67. The number of hydrogen-bond donors (Lipinski definition) is 0. The van der Waals surface area contributed by atoms with Crippen LogP contribution in [0, 0.1) is 17.3 Å². The van der Waals surface area contributed by atoms with Gasteiger partial charge in [0.15, 0.2) is 0 Å². The lowest BCUT2D eigenvalue weighted by Crippen LogP contribution is -2.46. The van der Waals surface area contributed by atoms with Crippen LogP contribution in [0.3, 0.4) is 0 Å². The largest absolute Gasteiger partial charge is 0.0996 e. The van der Waals surface area contributed by atoms with E-state index in [1.807, 2.05) is 0 Å². The molecule has 0 N–H and O–H groups in total. The molecular weight excluding hydrogens is 240 g/mol. The predicted molar refractivity (Wildman–Crippen MR) is 89.7 cm³/mol. The molecule has 0 heteroatoms. The van der Waals surface area contributed by atoms with Gasteiger partial charge in [0.25, 0.3) is 0 Å². The Balaban J connectivity index is 2.02. The highest BCUT2D eigenvalue weighted by atomic mass is 14.5. The van der Waals surface area contributed by atoms with Gasteiger partial charge >= 0.3 is 0 Å². The van der Waals surface area contributed by atoms with Crippen LogP contribution >= 0.6 is 0 Å². The van der Waals surface area contributed by atoms with Gasteiger partial charge in [-0.15, -0.1) is 0 Å². The van der Waals surface area contributed by atoms with Crippen LogP contribution in [0.4, 0.5) is 0 Å². The van der Waals surface area contributed by atoms with Gasteiger partial charge in [-0.05, 0) is 83.0 Å². The molecule has 0 nitrogen and oxygen atoms in total. The molecule has 2 aliphatic carbocycles. The minimum atomic E-state index is 0.560. The first kappa shape index (κ1) is 15.6. The summed E-state index contributed by atoms with van der Waals surface area (Å²) in [5, 5.41) is 0. The third-order valence-corrected chi connectivity index (χ3v) is 5.67. The average Bonchev–Trinajstić information content (AvgIpc) is 2.39. The van der Waals surface area contributed by atoms with E-state index in [1.54, 1.807) is 5.57 Å². The minimum absolute atomic E-state index is 0.560. The van der Waals surface area contributed by atoms with Crippen LogP contribution in [-0.4, -0.2) is 0 Å². The summed E-state index contributed by atoms with van der Waals surface area (Å²) >= 11 is 0. The van der Waals surface area contributed by atoms with E-state index in [0.29, 0.717) is 5.41 Å². The molecule has 1 saturated carbocycles. The molecule has 112 valence electrons. The van der Waals surface area contributed by atoms with Gasteiger partial charge in [-0.25, -0.2) is 0 Å². The summed E-state index contributed by atoms with van der Waals surface area (Å²) in [6.45, 7) is 13.7. The third kappa shape index (κ3) is 3.45. The van der Waals surface area contributed by atoms with Crippen molar-refractivity contribution in [2.24, 2.45) is 17.3 Å². The van der Waals surface area contributed by atoms with Crippen LogP contribution in [0.15, 0.2) is 35.5 Å². The van der Waals surface area contributed by atoms with Gasteiger partial charge in [-0.1, -0.05) is 42.4 Å². The Labute approximate surface area is 126 Å². The standard InChI is InChI=1S/C20H32/c1-15(2)8-7-13-20(5)14-18-17(4)10-6-9-16(3)11-12-19(18)20/h8-9,18-19H,4,6-7,10-14H2,1-3,5H3/b16-9+. The first-order valence-corrected chi connectivity index (χ1v) is 8.39. The molecule has 0 aromatic rings. The lowest BCUT2D eigenvalue weighted by atomic mass is 9.50. The maximum absolute atomic E-state index is 4.40. The predicted octanol–water partition coefficient (Wildman–Crippen LogP) is 6.45. The monoisotopic (exact) mass is 272 g/mol. The highest BCUT2D eigenvalue weighted by molar-refractivity contribution is 5.17. The molecule has 0 aromatic heterocycles. The maximum atomic E-state index is 4.40. The summed E-state index contributed by atoms with van der Waals surface area (Å²) in [7, 11) is 0. The van der Waals surface area contributed by atoms with Gasteiger partial charge in [-0.3, -0.25) is 0 Å². The minimum Gasteiger partial charge on any atom is -0.0996 e. The van der Waals surface area contributed by atoms with Crippen molar-refractivity contribution in [1.82, 2.24) is 0 Å². The Morgan fingerprint density at radius 3 is 2.85 bits per heavy atom.